The molecule has 3 nitrogen and oxygen atoms in total. The average molecular weight is 279 g/mol. The summed E-state index contributed by atoms with van der Waals surface area (Å²) in [7, 11) is 2.10. The second-order valence-corrected chi connectivity index (χ2v) is 7.00. The summed E-state index contributed by atoms with van der Waals surface area (Å²) in [5.41, 5.74) is 0.918. The van der Waals surface area contributed by atoms with Gasteiger partial charge < -0.3 is 9.31 Å². The van der Waals surface area contributed by atoms with E-state index in [1.807, 2.05) is 13.8 Å². The summed E-state index contributed by atoms with van der Waals surface area (Å²) < 4.78 is 12.3. The van der Waals surface area contributed by atoms with E-state index in [0.717, 1.165) is 6.42 Å². The van der Waals surface area contributed by atoms with Gasteiger partial charge in [0.05, 0.1) is 11.2 Å². The number of likely N-dealkylation sites (N-methyl/N-ethyl adjacent to an activating group) is 1. The number of nitrogens with zero attached hydrogens (tertiary/aromatic N) is 1. The number of hydrogen-bond donors (Lipinski definition) is 0. The van der Waals surface area contributed by atoms with Gasteiger partial charge in [-0.3, -0.25) is 4.90 Å². The Bertz CT molecular complexity index is 376. The van der Waals surface area contributed by atoms with Crippen LogP contribution in [0.25, 0.3) is 0 Å². The molecule has 0 N–H and O–H groups in total. The Morgan fingerprint density at radius 1 is 1.10 bits per heavy atom. The van der Waals surface area contributed by atoms with Crippen LogP contribution in [-0.2, 0) is 9.31 Å². The first-order chi connectivity index (χ1) is 9.30. The van der Waals surface area contributed by atoms with Gasteiger partial charge in [-0.15, -0.1) is 0 Å². The number of rotatable bonds is 1. The summed E-state index contributed by atoms with van der Waals surface area (Å²) in [5, 5.41) is 0. The maximum atomic E-state index is 6.15. The molecule has 2 atom stereocenters. The summed E-state index contributed by atoms with van der Waals surface area (Å²) in [5.74, 6) is 0. The molecule has 0 aliphatic carbocycles. The highest BCUT2D eigenvalue weighted by atomic mass is 16.7. The fourth-order valence-corrected chi connectivity index (χ4v) is 3.24. The minimum absolute atomic E-state index is 0.133. The van der Waals surface area contributed by atoms with Gasteiger partial charge in [0.25, 0.3) is 0 Å². The molecule has 0 aromatic carbocycles. The normalized spacial score (nSPS) is 34.5. The number of fused-ring (bicyclic) bond motifs is 2. The molecule has 2 saturated heterocycles. The Kier molecular flexibility index (Phi) is 4.39. The van der Waals surface area contributed by atoms with Gasteiger partial charge in [-0.05, 0) is 59.5 Å². The van der Waals surface area contributed by atoms with Crippen LogP contribution in [0.4, 0.5) is 0 Å². The second-order valence-electron chi connectivity index (χ2n) is 7.00. The molecule has 0 amide bonds. The minimum atomic E-state index is -0.221. The molecule has 3 aliphatic heterocycles. The van der Waals surface area contributed by atoms with Crippen molar-refractivity contribution in [1.29, 1.82) is 0 Å². The lowest BCUT2D eigenvalue weighted by molar-refractivity contribution is 0.00578. The number of hydrogen-bond acceptors (Lipinski definition) is 3. The van der Waals surface area contributed by atoms with Gasteiger partial charge in [-0.2, -0.15) is 0 Å². The van der Waals surface area contributed by atoms with E-state index < -0.39 is 0 Å². The highest BCUT2D eigenvalue weighted by Gasteiger charge is 2.53. The Hall–Kier alpha value is -0.315. The SMILES string of the molecule is CC.CN1C2C=C(B3OC(C)(C)C(C)(C)O3)CC1CC2. The zero-order valence-electron chi connectivity index (χ0n) is 14.2. The lowest BCUT2D eigenvalue weighted by Gasteiger charge is -2.32. The molecular weight excluding hydrogens is 249 g/mol. The van der Waals surface area contributed by atoms with Crippen molar-refractivity contribution in [3.05, 3.63) is 11.5 Å². The predicted molar refractivity (Wildman–Crippen MR) is 84.7 cm³/mol. The van der Waals surface area contributed by atoms with Gasteiger partial charge in [0.15, 0.2) is 0 Å². The van der Waals surface area contributed by atoms with Gasteiger partial charge in [-0.1, -0.05) is 19.9 Å². The fraction of sp³-hybridized carbons (Fsp3) is 0.875. The van der Waals surface area contributed by atoms with E-state index in [0.29, 0.717) is 12.1 Å². The molecule has 0 radical (unpaired) electrons. The Labute approximate surface area is 124 Å². The van der Waals surface area contributed by atoms with Crippen LogP contribution in [0.2, 0.25) is 0 Å². The summed E-state index contributed by atoms with van der Waals surface area (Å²) in [6.07, 6.45) is 6.07. The summed E-state index contributed by atoms with van der Waals surface area (Å²) in [6.45, 7) is 12.5. The molecule has 2 unspecified atom stereocenters. The molecule has 20 heavy (non-hydrogen) atoms. The van der Waals surface area contributed by atoms with E-state index in [4.69, 9.17) is 9.31 Å². The first-order valence-electron chi connectivity index (χ1n) is 8.08. The molecule has 2 bridgehead atoms. The van der Waals surface area contributed by atoms with Crippen molar-refractivity contribution in [2.24, 2.45) is 0 Å². The van der Waals surface area contributed by atoms with Crippen molar-refractivity contribution in [3.8, 4) is 0 Å². The van der Waals surface area contributed by atoms with Gasteiger partial charge in [-0.25, -0.2) is 0 Å². The molecule has 0 saturated carbocycles. The van der Waals surface area contributed by atoms with E-state index >= 15 is 0 Å². The zero-order chi connectivity index (χ0) is 15.1. The van der Waals surface area contributed by atoms with Gasteiger partial charge in [0, 0.05) is 12.1 Å². The summed E-state index contributed by atoms with van der Waals surface area (Å²) in [4.78, 5) is 2.49. The van der Waals surface area contributed by atoms with Crippen molar-refractivity contribution < 1.29 is 9.31 Å². The molecule has 2 fully saturated rings. The average Bonchev–Trinajstić information content (AvgIpc) is 2.73. The molecule has 0 aromatic heterocycles. The second kappa shape index (κ2) is 5.47. The van der Waals surface area contributed by atoms with Crippen LogP contribution < -0.4 is 0 Å². The lowest BCUT2D eigenvalue weighted by Crippen LogP contribution is -2.41. The van der Waals surface area contributed by atoms with Crippen LogP contribution in [0.3, 0.4) is 0 Å². The fourth-order valence-electron chi connectivity index (χ4n) is 3.24. The van der Waals surface area contributed by atoms with E-state index in [1.165, 1.54) is 18.3 Å². The maximum Gasteiger partial charge on any atom is 0.490 e. The molecule has 3 aliphatic rings. The third-order valence-corrected chi connectivity index (χ3v) is 5.33. The standard InChI is InChI=1S/C14H24BNO2.C2H6/c1-13(2)14(3,4)18-15(17-13)10-8-11-6-7-12(9-10)16(11)5;1-2/h8,11-12H,6-7,9H2,1-5H3;1-2H3. The largest absolute Gasteiger partial charge is 0.490 e. The molecular formula is C16H30BNO2. The smallest absolute Gasteiger partial charge is 0.400 e. The zero-order valence-corrected chi connectivity index (χ0v) is 14.2. The van der Waals surface area contributed by atoms with Crippen LogP contribution in [0.5, 0.6) is 0 Å². The van der Waals surface area contributed by atoms with Crippen LogP contribution in [0.1, 0.15) is 60.8 Å². The van der Waals surface area contributed by atoms with Gasteiger partial charge in [0.2, 0.25) is 0 Å². The Balaban J connectivity index is 0.000000704. The van der Waals surface area contributed by atoms with Crippen molar-refractivity contribution in [2.75, 3.05) is 7.05 Å². The van der Waals surface area contributed by atoms with E-state index in [1.54, 1.807) is 0 Å². The van der Waals surface area contributed by atoms with Crippen molar-refractivity contribution >= 4 is 7.12 Å². The molecule has 0 aromatic rings. The highest BCUT2D eigenvalue weighted by Crippen LogP contribution is 2.42. The first-order valence-corrected chi connectivity index (χ1v) is 8.08. The van der Waals surface area contributed by atoms with E-state index in [-0.39, 0.29) is 18.3 Å². The summed E-state index contributed by atoms with van der Waals surface area (Å²) in [6, 6.07) is 1.28. The molecule has 114 valence electrons. The Morgan fingerprint density at radius 3 is 2.15 bits per heavy atom. The van der Waals surface area contributed by atoms with Crippen molar-refractivity contribution in [3.63, 3.8) is 0 Å². The van der Waals surface area contributed by atoms with Crippen molar-refractivity contribution in [2.45, 2.75) is 84.1 Å². The predicted octanol–water partition coefficient (Wildman–Crippen LogP) is 3.44. The van der Waals surface area contributed by atoms with Crippen LogP contribution in [-0.4, -0.2) is 42.4 Å². The monoisotopic (exact) mass is 279 g/mol. The quantitative estimate of drug-likeness (QED) is 0.686. The highest BCUT2D eigenvalue weighted by molar-refractivity contribution is 6.54. The van der Waals surface area contributed by atoms with E-state index in [9.17, 15) is 0 Å². The summed E-state index contributed by atoms with van der Waals surface area (Å²) >= 11 is 0. The first kappa shape index (κ1) is 16.1. The molecule has 3 rings (SSSR count). The molecule has 3 heterocycles. The van der Waals surface area contributed by atoms with Crippen LogP contribution in [0, 0.1) is 0 Å². The van der Waals surface area contributed by atoms with Crippen molar-refractivity contribution in [1.82, 2.24) is 4.90 Å². The molecule has 0 spiro atoms. The van der Waals surface area contributed by atoms with Crippen LogP contribution >= 0.6 is 0 Å². The maximum absolute atomic E-state index is 6.15. The van der Waals surface area contributed by atoms with Gasteiger partial charge in [0.1, 0.15) is 0 Å². The third-order valence-electron chi connectivity index (χ3n) is 5.33. The lowest BCUT2D eigenvalue weighted by atomic mass is 9.73. The third kappa shape index (κ3) is 2.58. The molecule has 4 heteroatoms. The van der Waals surface area contributed by atoms with Gasteiger partial charge >= 0.3 is 7.12 Å². The van der Waals surface area contributed by atoms with E-state index in [2.05, 4.69) is 45.7 Å². The minimum Gasteiger partial charge on any atom is -0.400 e. The Morgan fingerprint density at radius 2 is 1.65 bits per heavy atom. The van der Waals surface area contributed by atoms with Crippen LogP contribution in [0.15, 0.2) is 11.5 Å². The topological polar surface area (TPSA) is 21.7 Å².